The lowest BCUT2D eigenvalue weighted by atomic mass is 10.2. The third-order valence-electron chi connectivity index (χ3n) is 2.23. The number of nitrogens with one attached hydrogen (secondary N) is 2. The van der Waals surface area contributed by atoms with E-state index in [1.165, 1.54) is 0 Å². The zero-order chi connectivity index (χ0) is 13.2. The average Bonchev–Trinajstić information content (AvgIpc) is 2.39. The summed E-state index contributed by atoms with van der Waals surface area (Å²) in [5.41, 5.74) is 0.570. The molecule has 0 aliphatic rings. The first-order valence-corrected chi connectivity index (χ1v) is 5.74. The highest BCUT2D eigenvalue weighted by Gasteiger charge is 2.05. The number of nitrogens with zero attached hydrogens (tertiary/aromatic N) is 1. The molecular formula is C12H19N3O3. The number of anilines is 1. The molecule has 2 N–H and O–H groups in total. The van der Waals surface area contributed by atoms with E-state index in [1.807, 2.05) is 0 Å². The molecule has 0 aromatic carbocycles. The molecule has 0 atom stereocenters. The molecule has 0 aliphatic heterocycles. The predicted octanol–water partition coefficient (Wildman–Crippen LogP) is 0.516. The Morgan fingerprint density at radius 1 is 1.28 bits per heavy atom. The van der Waals surface area contributed by atoms with Crippen molar-refractivity contribution in [3.05, 3.63) is 23.9 Å². The fraction of sp³-hybridized carbons (Fsp3) is 0.500. The molecule has 6 heteroatoms. The van der Waals surface area contributed by atoms with Crippen molar-refractivity contribution < 1.29 is 14.3 Å². The molecule has 1 aromatic heterocycles. The van der Waals surface area contributed by atoms with Gasteiger partial charge in [0.25, 0.3) is 5.91 Å². The van der Waals surface area contributed by atoms with Crippen LogP contribution < -0.4 is 10.6 Å². The Bertz CT molecular complexity index is 371. The fourth-order valence-electron chi connectivity index (χ4n) is 1.32. The maximum atomic E-state index is 11.8. The molecule has 0 unspecified atom stereocenters. The van der Waals surface area contributed by atoms with Gasteiger partial charge >= 0.3 is 0 Å². The molecule has 100 valence electrons. The first-order chi connectivity index (χ1) is 8.77. The minimum Gasteiger partial charge on any atom is -0.383 e. The van der Waals surface area contributed by atoms with Crippen molar-refractivity contribution in [1.29, 1.82) is 0 Å². The average molecular weight is 253 g/mol. The second-order valence-corrected chi connectivity index (χ2v) is 3.60. The number of hydrogen-bond acceptors (Lipinski definition) is 5. The SMILES string of the molecule is COCCNC(=O)c1ccnc(NCCOC)c1. The first kappa shape index (κ1) is 14.4. The quantitative estimate of drug-likeness (QED) is 0.661. The third kappa shape index (κ3) is 5.11. The third-order valence-corrected chi connectivity index (χ3v) is 2.23. The summed E-state index contributed by atoms with van der Waals surface area (Å²) in [5, 5.41) is 5.82. The van der Waals surface area contributed by atoms with Gasteiger partial charge in [0.1, 0.15) is 5.82 Å². The molecule has 1 aromatic rings. The van der Waals surface area contributed by atoms with Gasteiger partial charge in [-0.15, -0.1) is 0 Å². The Hall–Kier alpha value is -1.66. The van der Waals surface area contributed by atoms with Gasteiger partial charge in [0, 0.05) is 39.1 Å². The zero-order valence-electron chi connectivity index (χ0n) is 10.7. The Morgan fingerprint density at radius 3 is 2.72 bits per heavy atom. The molecule has 1 heterocycles. The Morgan fingerprint density at radius 2 is 2.00 bits per heavy atom. The van der Waals surface area contributed by atoms with Crippen LogP contribution in [-0.4, -0.2) is 51.4 Å². The van der Waals surface area contributed by atoms with E-state index in [1.54, 1.807) is 32.5 Å². The Balaban J connectivity index is 2.49. The van der Waals surface area contributed by atoms with Crippen LogP contribution in [0.25, 0.3) is 0 Å². The summed E-state index contributed by atoms with van der Waals surface area (Å²) in [5.74, 6) is 0.524. The molecule has 0 saturated heterocycles. The van der Waals surface area contributed by atoms with Gasteiger partial charge in [-0.05, 0) is 12.1 Å². The number of carbonyl (C=O) groups excluding carboxylic acids is 1. The number of methoxy groups -OCH3 is 2. The monoisotopic (exact) mass is 253 g/mol. The Labute approximate surface area is 107 Å². The molecule has 0 saturated carbocycles. The van der Waals surface area contributed by atoms with E-state index in [4.69, 9.17) is 9.47 Å². The standard InChI is InChI=1S/C12H19N3O3/c1-17-7-5-14-11-9-10(3-4-13-11)12(16)15-6-8-18-2/h3-4,9H,5-8H2,1-2H3,(H,13,14)(H,15,16). The normalized spacial score (nSPS) is 10.1. The van der Waals surface area contributed by atoms with E-state index in [-0.39, 0.29) is 5.91 Å². The molecule has 1 rings (SSSR count). The van der Waals surface area contributed by atoms with Gasteiger partial charge in [-0.1, -0.05) is 0 Å². The molecule has 18 heavy (non-hydrogen) atoms. The minimum absolute atomic E-state index is 0.135. The number of carbonyl (C=O) groups is 1. The predicted molar refractivity (Wildman–Crippen MR) is 68.8 cm³/mol. The highest BCUT2D eigenvalue weighted by Crippen LogP contribution is 2.06. The van der Waals surface area contributed by atoms with Gasteiger partial charge < -0.3 is 20.1 Å². The lowest BCUT2D eigenvalue weighted by Gasteiger charge is -2.07. The smallest absolute Gasteiger partial charge is 0.251 e. The Kier molecular flexibility index (Phi) is 6.75. The van der Waals surface area contributed by atoms with Gasteiger partial charge in [-0.2, -0.15) is 0 Å². The highest BCUT2D eigenvalue weighted by atomic mass is 16.5. The molecule has 0 radical (unpaired) electrons. The van der Waals surface area contributed by atoms with E-state index < -0.39 is 0 Å². The summed E-state index contributed by atoms with van der Waals surface area (Å²) in [6.07, 6.45) is 1.60. The second kappa shape index (κ2) is 8.43. The van der Waals surface area contributed by atoms with E-state index in [0.29, 0.717) is 37.7 Å². The fourth-order valence-corrected chi connectivity index (χ4v) is 1.32. The molecule has 0 aliphatic carbocycles. The van der Waals surface area contributed by atoms with Crippen molar-refractivity contribution in [2.45, 2.75) is 0 Å². The topological polar surface area (TPSA) is 72.5 Å². The van der Waals surface area contributed by atoms with E-state index in [0.717, 1.165) is 0 Å². The maximum absolute atomic E-state index is 11.8. The number of pyridine rings is 1. The number of ether oxygens (including phenoxy) is 2. The molecule has 0 fully saturated rings. The van der Waals surface area contributed by atoms with Crippen molar-refractivity contribution in [3.8, 4) is 0 Å². The lowest BCUT2D eigenvalue weighted by molar-refractivity contribution is 0.0937. The molecular weight excluding hydrogens is 234 g/mol. The van der Waals surface area contributed by atoms with Gasteiger partial charge in [0.05, 0.1) is 13.2 Å². The first-order valence-electron chi connectivity index (χ1n) is 5.74. The number of amides is 1. The van der Waals surface area contributed by atoms with E-state index >= 15 is 0 Å². The summed E-state index contributed by atoms with van der Waals surface area (Å²) in [7, 11) is 3.23. The van der Waals surface area contributed by atoms with Gasteiger partial charge in [-0.3, -0.25) is 4.79 Å². The van der Waals surface area contributed by atoms with Crippen LogP contribution in [0, 0.1) is 0 Å². The summed E-state index contributed by atoms with van der Waals surface area (Å²) in [4.78, 5) is 15.9. The van der Waals surface area contributed by atoms with Crippen molar-refractivity contribution in [3.63, 3.8) is 0 Å². The van der Waals surface area contributed by atoms with Crippen LogP contribution >= 0.6 is 0 Å². The van der Waals surface area contributed by atoms with Crippen LogP contribution in [0.1, 0.15) is 10.4 Å². The zero-order valence-corrected chi connectivity index (χ0v) is 10.7. The van der Waals surface area contributed by atoms with Gasteiger partial charge in [0.15, 0.2) is 0 Å². The van der Waals surface area contributed by atoms with Crippen LogP contribution in [-0.2, 0) is 9.47 Å². The van der Waals surface area contributed by atoms with Gasteiger partial charge in [-0.25, -0.2) is 4.98 Å². The van der Waals surface area contributed by atoms with Crippen LogP contribution in [0.5, 0.6) is 0 Å². The van der Waals surface area contributed by atoms with Crippen LogP contribution in [0.15, 0.2) is 18.3 Å². The number of aromatic nitrogens is 1. The number of hydrogen-bond donors (Lipinski definition) is 2. The highest BCUT2D eigenvalue weighted by molar-refractivity contribution is 5.94. The lowest BCUT2D eigenvalue weighted by Crippen LogP contribution is -2.27. The van der Waals surface area contributed by atoms with Crippen molar-refractivity contribution in [2.75, 3.05) is 45.8 Å². The van der Waals surface area contributed by atoms with Crippen LogP contribution in [0.4, 0.5) is 5.82 Å². The van der Waals surface area contributed by atoms with Crippen LogP contribution in [0.3, 0.4) is 0 Å². The van der Waals surface area contributed by atoms with Crippen molar-refractivity contribution in [1.82, 2.24) is 10.3 Å². The van der Waals surface area contributed by atoms with Gasteiger partial charge in [0.2, 0.25) is 0 Å². The molecule has 6 nitrogen and oxygen atoms in total. The van der Waals surface area contributed by atoms with Crippen molar-refractivity contribution in [2.24, 2.45) is 0 Å². The molecule has 0 bridgehead atoms. The summed E-state index contributed by atoms with van der Waals surface area (Å²) < 4.78 is 9.79. The summed E-state index contributed by atoms with van der Waals surface area (Å²) in [6, 6.07) is 3.38. The minimum atomic E-state index is -0.135. The summed E-state index contributed by atoms with van der Waals surface area (Å²) in [6.45, 7) is 2.23. The summed E-state index contributed by atoms with van der Waals surface area (Å²) >= 11 is 0. The largest absolute Gasteiger partial charge is 0.383 e. The van der Waals surface area contributed by atoms with E-state index in [9.17, 15) is 4.79 Å². The maximum Gasteiger partial charge on any atom is 0.251 e. The number of rotatable bonds is 8. The van der Waals surface area contributed by atoms with Crippen LogP contribution in [0.2, 0.25) is 0 Å². The second-order valence-electron chi connectivity index (χ2n) is 3.60. The molecule has 0 spiro atoms. The van der Waals surface area contributed by atoms with Crippen molar-refractivity contribution >= 4 is 11.7 Å². The van der Waals surface area contributed by atoms with E-state index in [2.05, 4.69) is 15.6 Å². The molecule has 1 amide bonds.